The van der Waals surface area contributed by atoms with Crippen LogP contribution in [0.15, 0.2) is 54.6 Å². The van der Waals surface area contributed by atoms with Gasteiger partial charge in [-0.1, -0.05) is 30.3 Å². The first kappa shape index (κ1) is 22.9. The monoisotopic (exact) mass is 448 g/mol. The molecule has 0 radical (unpaired) electrons. The number of methoxy groups -OCH3 is 2. The Labute approximate surface area is 195 Å². The number of likely N-dealkylation sites (tertiary alicyclic amines) is 2. The van der Waals surface area contributed by atoms with Gasteiger partial charge in [0.05, 0.1) is 20.3 Å². The Bertz CT molecular complexity index is 996. The highest BCUT2D eigenvalue weighted by molar-refractivity contribution is 5.92. The molecule has 2 aromatic carbocycles. The lowest BCUT2D eigenvalue weighted by atomic mass is 9.94. The molecule has 2 aliphatic heterocycles. The number of hydrogen-bond donors (Lipinski definition) is 0. The summed E-state index contributed by atoms with van der Waals surface area (Å²) in [5.74, 6) is 1.69. The number of benzene rings is 2. The van der Waals surface area contributed by atoms with E-state index >= 15 is 0 Å². The van der Waals surface area contributed by atoms with E-state index in [1.807, 2.05) is 64.4 Å². The zero-order valence-electron chi connectivity index (χ0n) is 19.4. The van der Waals surface area contributed by atoms with E-state index < -0.39 is 0 Å². The Morgan fingerprint density at radius 2 is 1.70 bits per heavy atom. The van der Waals surface area contributed by atoms with Crippen molar-refractivity contribution in [2.24, 2.45) is 5.92 Å². The predicted molar refractivity (Wildman–Crippen MR) is 128 cm³/mol. The minimum absolute atomic E-state index is 0.00369. The normalized spacial score (nSPS) is 19.2. The highest BCUT2D eigenvalue weighted by atomic mass is 16.5. The van der Waals surface area contributed by atoms with E-state index in [1.165, 1.54) is 0 Å². The van der Waals surface area contributed by atoms with Crippen molar-refractivity contribution in [3.63, 3.8) is 0 Å². The zero-order valence-corrected chi connectivity index (χ0v) is 19.4. The van der Waals surface area contributed by atoms with Crippen molar-refractivity contribution in [2.45, 2.75) is 31.7 Å². The largest absolute Gasteiger partial charge is 0.497 e. The summed E-state index contributed by atoms with van der Waals surface area (Å²) in [4.78, 5) is 29.9. The number of amides is 2. The number of carbonyl (C=O) groups is 2. The molecule has 0 N–H and O–H groups in total. The maximum atomic E-state index is 13.5. The van der Waals surface area contributed by atoms with Crippen molar-refractivity contribution >= 4 is 17.9 Å². The third-order valence-corrected chi connectivity index (χ3v) is 6.71. The van der Waals surface area contributed by atoms with E-state index in [9.17, 15) is 9.59 Å². The molecule has 2 saturated heterocycles. The van der Waals surface area contributed by atoms with Crippen LogP contribution < -0.4 is 9.47 Å². The molecule has 174 valence electrons. The van der Waals surface area contributed by atoms with Gasteiger partial charge in [-0.05, 0) is 55.5 Å². The quantitative estimate of drug-likeness (QED) is 0.618. The lowest BCUT2D eigenvalue weighted by Crippen LogP contribution is -2.43. The number of carbonyl (C=O) groups excluding carboxylic acids is 2. The topological polar surface area (TPSA) is 59.1 Å². The number of nitrogens with zero attached hydrogens (tertiary/aromatic N) is 2. The molecule has 2 aliphatic rings. The second-order valence-corrected chi connectivity index (χ2v) is 8.64. The van der Waals surface area contributed by atoms with Gasteiger partial charge in [0.25, 0.3) is 0 Å². The standard InChI is InChI=1S/C27H32N2O4/c1-32-22-11-12-25(33-2)23(19-22)24-9-6-16-29(24)27(31)21-14-17-28(18-15-21)26(30)13-10-20-7-4-3-5-8-20/h3-5,7-8,10-13,19,21,24H,6,9,14-18H2,1-2H3/b13-10+. The van der Waals surface area contributed by atoms with Gasteiger partial charge in [-0.3, -0.25) is 9.59 Å². The summed E-state index contributed by atoms with van der Waals surface area (Å²) in [6.45, 7) is 1.97. The molecule has 0 aliphatic carbocycles. The highest BCUT2D eigenvalue weighted by Gasteiger charge is 2.37. The smallest absolute Gasteiger partial charge is 0.246 e. The van der Waals surface area contributed by atoms with Crippen LogP contribution in [0.5, 0.6) is 11.5 Å². The predicted octanol–water partition coefficient (Wildman–Crippen LogP) is 4.32. The van der Waals surface area contributed by atoms with E-state index in [-0.39, 0.29) is 23.8 Å². The number of rotatable bonds is 6. The molecule has 0 aromatic heterocycles. The summed E-state index contributed by atoms with van der Waals surface area (Å²) >= 11 is 0. The maximum absolute atomic E-state index is 13.5. The fraction of sp³-hybridized carbons (Fsp3) is 0.407. The fourth-order valence-electron chi connectivity index (χ4n) is 4.87. The number of hydrogen-bond acceptors (Lipinski definition) is 4. The van der Waals surface area contributed by atoms with Crippen LogP contribution in [-0.2, 0) is 9.59 Å². The molecule has 2 amide bonds. The molecule has 1 unspecified atom stereocenters. The van der Waals surface area contributed by atoms with Crippen LogP contribution in [0.2, 0.25) is 0 Å². The second kappa shape index (κ2) is 10.6. The van der Waals surface area contributed by atoms with Crippen LogP contribution in [0, 0.1) is 5.92 Å². The van der Waals surface area contributed by atoms with Crippen LogP contribution in [0.1, 0.15) is 42.9 Å². The van der Waals surface area contributed by atoms with E-state index in [1.54, 1.807) is 20.3 Å². The van der Waals surface area contributed by atoms with Gasteiger partial charge in [0.2, 0.25) is 11.8 Å². The van der Waals surface area contributed by atoms with Gasteiger partial charge in [-0.25, -0.2) is 0 Å². The first-order chi connectivity index (χ1) is 16.1. The molecule has 0 bridgehead atoms. The summed E-state index contributed by atoms with van der Waals surface area (Å²) in [5.41, 5.74) is 2.00. The number of ether oxygens (including phenoxy) is 2. The summed E-state index contributed by atoms with van der Waals surface area (Å²) in [5, 5.41) is 0. The third-order valence-electron chi connectivity index (χ3n) is 6.71. The van der Waals surface area contributed by atoms with Crippen LogP contribution in [0.4, 0.5) is 0 Å². The van der Waals surface area contributed by atoms with Crippen LogP contribution in [0.3, 0.4) is 0 Å². The van der Waals surface area contributed by atoms with Crippen LogP contribution in [0.25, 0.3) is 6.08 Å². The minimum atomic E-state index is -0.0515. The molecule has 33 heavy (non-hydrogen) atoms. The van der Waals surface area contributed by atoms with Crippen molar-refractivity contribution in [3.8, 4) is 11.5 Å². The van der Waals surface area contributed by atoms with Gasteiger partial charge in [0, 0.05) is 37.2 Å². The Balaban J connectivity index is 1.38. The molecule has 2 fully saturated rings. The van der Waals surface area contributed by atoms with Gasteiger partial charge in [0.1, 0.15) is 11.5 Å². The first-order valence-electron chi connectivity index (χ1n) is 11.6. The summed E-state index contributed by atoms with van der Waals surface area (Å²) in [6.07, 6.45) is 6.75. The fourth-order valence-corrected chi connectivity index (χ4v) is 4.87. The maximum Gasteiger partial charge on any atom is 0.246 e. The van der Waals surface area contributed by atoms with E-state index in [0.29, 0.717) is 25.9 Å². The Kier molecular flexibility index (Phi) is 7.33. The first-order valence-corrected chi connectivity index (χ1v) is 11.6. The molecular formula is C27H32N2O4. The lowest BCUT2D eigenvalue weighted by molar-refractivity contribution is -0.140. The van der Waals surface area contributed by atoms with Crippen molar-refractivity contribution in [3.05, 3.63) is 65.7 Å². The Morgan fingerprint density at radius 3 is 2.39 bits per heavy atom. The van der Waals surface area contributed by atoms with E-state index in [0.717, 1.165) is 42.0 Å². The molecule has 0 saturated carbocycles. The summed E-state index contributed by atoms with van der Waals surface area (Å²) in [6, 6.07) is 15.6. The molecule has 6 heteroatoms. The molecule has 2 aromatic rings. The molecule has 4 rings (SSSR count). The van der Waals surface area contributed by atoms with Gasteiger partial charge in [-0.2, -0.15) is 0 Å². The van der Waals surface area contributed by atoms with E-state index in [2.05, 4.69) is 0 Å². The molecule has 6 nitrogen and oxygen atoms in total. The minimum Gasteiger partial charge on any atom is -0.497 e. The van der Waals surface area contributed by atoms with Crippen LogP contribution in [-0.4, -0.2) is 55.5 Å². The summed E-state index contributed by atoms with van der Waals surface area (Å²) in [7, 11) is 3.30. The van der Waals surface area contributed by atoms with Gasteiger partial charge < -0.3 is 19.3 Å². The van der Waals surface area contributed by atoms with Crippen molar-refractivity contribution in [1.29, 1.82) is 0 Å². The SMILES string of the molecule is COc1ccc(OC)c(C2CCCN2C(=O)C2CCN(C(=O)/C=C/c3ccccc3)CC2)c1. The van der Waals surface area contributed by atoms with Crippen LogP contribution >= 0.6 is 0 Å². The average Bonchev–Trinajstić information content (AvgIpc) is 3.37. The van der Waals surface area contributed by atoms with Crippen molar-refractivity contribution in [1.82, 2.24) is 9.80 Å². The summed E-state index contributed by atoms with van der Waals surface area (Å²) < 4.78 is 11.0. The van der Waals surface area contributed by atoms with Crippen molar-refractivity contribution < 1.29 is 19.1 Å². The van der Waals surface area contributed by atoms with Crippen molar-refractivity contribution in [2.75, 3.05) is 33.9 Å². The van der Waals surface area contributed by atoms with Gasteiger partial charge in [0.15, 0.2) is 0 Å². The number of piperidine rings is 1. The van der Waals surface area contributed by atoms with Gasteiger partial charge >= 0.3 is 0 Å². The molecular weight excluding hydrogens is 416 g/mol. The zero-order chi connectivity index (χ0) is 23.2. The Morgan fingerprint density at radius 1 is 0.939 bits per heavy atom. The molecule has 1 atom stereocenters. The molecule has 2 heterocycles. The second-order valence-electron chi connectivity index (χ2n) is 8.64. The van der Waals surface area contributed by atoms with Gasteiger partial charge in [-0.15, -0.1) is 0 Å². The molecule has 0 spiro atoms. The highest BCUT2D eigenvalue weighted by Crippen LogP contribution is 2.40. The third kappa shape index (κ3) is 5.21. The lowest BCUT2D eigenvalue weighted by Gasteiger charge is -2.35. The average molecular weight is 449 g/mol. The van der Waals surface area contributed by atoms with E-state index in [4.69, 9.17) is 9.47 Å². The Hall–Kier alpha value is -3.28.